The predicted molar refractivity (Wildman–Crippen MR) is 88.4 cm³/mol. The number of nitrogens with one attached hydrogen (secondary N) is 3. The second-order valence-electron chi connectivity index (χ2n) is 5.51. The molecule has 2 aromatic rings. The highest BCUT2D eigenvalue weighted by atomic mass is 16.1. The number of carbonyl (C=O) groups is 1. The van der Waals surface area contributed by atoms with Crippen LogP contribution in [0.2, 0.25) is 0 Å². The quantitative estimate of drug-likeness (QED) is 0.677. The van der Waals surface area contributed by atoms with Gasteiger partial charge in [-0.05, 0) is 37.1 Å². The topological polar surface area (TPSA) is 91.8 Å². The summed E-state index contributed by atoms with van der Waals surface area (Å²) in [7, 11) is 0. The second-order valence-corrected chi connectivity index (χ2v) is 5.51. The Morgan fingerprint density at radius 2 is 1.78 bits per heavy atom. The fraction of sp³-hybridized carbons (Fsp3) is 0.375. The molecule has 0 radical (unpaired) electrons. The number of carbonyl (C=O) groups excluding carboxylic acids is 1. The van der Waals surface area contributed by atoms with E-state index >= 15 is 0 Å². The Hall–Kier alpha value is -2.70. The zero-order chi connectivity index (χ0) is 15.9. The van der Waals surface area contributed by atoms with Crippen molar-refractivity contribution in [2.24, 2.45) is 5.92 Å². The van der Waals surface area contributed by atoms with Crippen LogP contribution in [0.1, 0.15) is 19.3 Å². The highest BCUT2D eigenvalue weighted by molar-refractivity contribution is 5.79. The fourth-order valence-electron chi connectivity index (χ4n) is 2.27. The molecule has 0 aromatic carbocycles. The van der Waals surface area contributed by atoms with Crippen LogP contribution < -0.4 is 16.0 Å². The predicted octanol–water partition coefficient (Wildman–Crippen LogP) is 1.94. The van der Waals surface area contributed by atoms with E-state index in [0.717, 1.165) is 18.5 Å². The monoisotopic (exact) mass is 312 g/mol. The van der Waals surface area contributed by atoms with Gasteiger partial charge in [0.25, 0.3) is 0 Å². The molecule has 3 N–H and O–H groups in total. The third-order valence-corrected chi connectivity index (χ3v) is 3.82. The van der Waals surface area contributed by atoms with Crippen LogP contribution in [0.25, 0.3) is 0 Å². The van der Waals surface area contributed by atoms with Crippen molar-refractivity contribution in [2.45, 2.75) is 19.3 Å². The third kappa shape index (κ3) is 4.38. The van der Waals surface area contributed by atoms with Gasteiger partial charge in [-0.3, -0.25) is 9.78 Å². The molecule has 1 aliphatic carbocycles. The minimum Gasteiger partial charge on any atom is -0.367 e. The second kappa shape index (κ2) is 7.53. The maximum Gasteiger partial charge on any atom is 0.223 e. The van der Waals surface area contributed by atoms with E-state index < -0.39 is 0 Å². The first-order valence-corrected chi connectivity index (χ1v) is 7.83. The van der Waals surface area contributed by atoms with Crippen LogP contribution in [-0.4, -0.2) is 34.2 Å². The van der Waals surface area contributed by atoms with E-state index in [1.165, 1.54) is 6.42 Å². The van der Waals surface area contributed by atoms with Crippen molar-refractivity contribution in [1.29, 1.82) is 0 Å². The van der Waals surface area contributed by atoms with E-state index in [1.54, 1.807) is 12.4 Å². The van der Waals surface area contributed by atoms with Crippen molar-refractivity contribution >= 4 is 23.2 Å². The summed E-state index contributed by atoms with van der Waals surface area (Å²) in [4.78, 5) is 15.6. The number of aromatic nitrogens is 3. The zero-order valence-electron chi connectivity index (χ0n) is 12.8. The molecule has 2 heterocycles. The number of rotatable bonds is 7. The summed E-state index contributed by atoms with van der Waals surface area (Å²) < 4.78 is 0. The number of nitrogens with zero attached hydrogens (tertiary/aromatic N) is 3. The van der Waals surface area contributed by atoms with Crippen molar-refractivity contribution in [3.63, 3.8) is 0 Å². The van der Waals surface area contributed by atoms with Gasteiger partial charge in [0.15, 0.2) is 5.82 Å². The molecule has 1 amide bonds. The lowest BCUT2D eigenvalue weighted by Gasteiger charge is -2.24. The number of hydrogen-bond acceptors (Lipinski definition) is 6. The SMILES string of the molecule is O=C(NCCNc1ccc(Nc2ccncc2)nn1)C1CCC1. The Morgan fingerprint density at radius 3 is 2.43 bits per heavy atom. The van der Waals surface area contributed by atoms with Gasteiger partial charge in [-0.15, -0.1) is 10.2 Å². The fourth-order valence-corrected chi connectivity index (χ4v) is 2.27. The lowest BCUT2D eigenvalue weighted by atomic mass is 9.85. The van der Waals surface area contributed by atoms with Gasteiger partial charge in [0.1, 0.15) is 5.82 Å². The van der Waals surface area contributed by atoms with Gasteiger partial charge in [0.05, 0.1) is 0 Å². The molecule has 7 heteroatoms. The molecule has 120 valence electrons. The van der Waals surface area contributed by atoms with E-state index in [-0.39, 0.29) is 11.8 Å². The summed E-state index contributed by atoms with van der Waals surface area (Å²) in [5.74, 6) is 1.75. The standard InChI is InChI=1S/C16H20N6O/c23-16(12-2-1-3-12)19-11-10-18-14-4-5-15(22-21-14)20-13-6-8-17-9-7-13/h4-9,12H,1-3,10-11H2,(H,18,21)(H,19,23)(H,17,20,22). The molecular formula is C16H20N6O. The summed E-state index contributed by atoms with van der Waals surface area (Å²) in [5, 5.41) is 17.4. The largest absolute Gasteiger partial charge is 0.367 e. The molecule has 1 aliphatic rings. The van der Waals surface area contributed by atoms with Gasteiger partial charge >= 0.3 is 0 Å². The first-order chi connectivity index (χ1) is 11.3. The van der Waals surface area contributed by atoms with E-state index in [0.29, 0.717) is 24.7 Å². The Balaban J connectivity index is 1.40. The van der Waals surface area contributed by atoms with E-state index in [2.05, 4.69) is 31.1 Å². The molecule has 1 saturated carbocycles. The molecular weight excluding hydrogens is 292 g/mol. The summed E-state index contributed by atoms with van der Waals surface area (Å²) in [6.45, 7) is 1.22. The van der Waals surface area contributed by atoms with E-state index in [4.69, 9.17) is 0 Å². The Kier molecular flexibility index (Phi) is 4.98. The molecule has 0 atom stereocenters. The summed E-state index contributed by atoms with van der Waals surface area (Å²) in [6, 6.07) is 7.42. The average molecular weight is 312 g/mol. The molecule has 23 heavy (non-hydrogen) atoms. The van der Waals surface area contributed by atoms with Crippen LogP contribution in [0.4, 0.5) is 17.3 Å². The normalized spacial score (nSPS) is 13.9. The Bertz CT molecular complexity index is 627. The molecule has 0 bridgehead atoms. The minimum atomic E-state index is 0.168. The van der Waals surface area contributed by atoms with Crippen LogP contribution in [0.3, 0.4) is 0 Å². The molecule has 2 aromatic heterocycles. The van der Waals surface area contributed by atoms with Crippen LogP contribution >= 0.6 is 0 Å². The molecule has 0 aliphatic heterocycles. The molecule has 7 nitrogen and oxygen atoms in total. The first kappa shape index (κ1) is 15.2. The van der Waals surface area contributed by atoms with Crippen molar-refractivity contribution < 1.29 is 4.79 Å². The van der Waals surface area contributed by atoms with Gasteiger partial charge in [0, 0.05) is 37.1 Å². The molecule has 1 fully saturated rings. The van der Waals surface area contributed by atoms with Crippen molar-refractivity contribution in [2.75, 3.05) is 23.7 Å². The summed E-state index contributed by atoms with van der Waals surface area (Å²) in [6.07, 6.45) is 6.65. The third-order valence-electron chi connectivity index (χ3n) is 3.82. The zero-order valence-corrected chi connectivity index (χ0v) is 12.8. The van der Waals surface area contributed by atoms with Crippen molar-refractivity contribution in [3.05, 3.63) is 36.7 Å². The highest BCUT2D eigenvalue weighted by Gasteiger charge is 2.24. The highest BCUT2D eigenvalue weighted by Crippen LogP contribution is 2.25. The van der Waals surface area contributed by atoms with Gasteiger partial charge in [-0.2, -0.15) is 0 Å². The number of hydrogen-bond donors (Lipinski definition) is 3. The van der Waals surface area contributed by atoms with Crippen LogP contribution in [-0.2, 0) is 4.79 Å². The van der Waals surface area contributed by atoms with Gasteiger partial charge in [0.2, 0.25) is 5.91 Å². The number of anilines is 3. The molecule has 0 spiro atoms. The maximum absolute atomic E-state index is 11.7. The Morgan fingerprint density at radius 1 is 1.04 bits per heavy atom. The van der Waals surface area contributed by atoms with Crippen LogP contribution in [0.5, 0.6) is 0 Å². The van der Waals surface area contributed by atoms with Crippen LogP contribution in [0.15, 0.2) is 36.7 Å². The van der Waals surface area contributed by atoms with Gasteiger partial charge < -0.3 is 16.0 Å². The minimum absolute atomic E-state index is 0.168. The van der Waals surface area contributed by atoms with Crippen LogP contribution in [0, 0.1) is 5.92 Å². The molecule has 0 saturated heterocycles. The van der Waals surface area contributed by atoms with Gasteiger partial charge in [-0.1, -0.05) is 6.42 Å². The summed E-state index contributed by atoms with van der Waals surface area (Å²) in [5.41, 5.74) is 0.911. The molecule has 3 rings (SSSR count). The first-order valence-electron chi connectivity index (χ1n) is 7.83. The number of pyridine rings is 1. The molecule has 0 unspecified atom stereocenters. The number of amides is 1. The lowest BCUT2D eigenvalue weighted by Crippen LogP contribution is -2.36. The van der Waals surface area contributed by atoms with Gasteiger partial charge in [-0.25, -0.2) is 0 Å². The average Bonchev–Trinajstić information content (AvgIpc) is 2.52. The van der Waals surface area contributed by atoms with E-state index in [1.807, 2.05) is 24.3 Å². The lowest BCUT2D eigenvalue weighted by molar-refractivity contribution is -0.127. The maximum atomic E-state index is 11.7. The van der Waals surface area contributed by atoms with Crippen molar-refractivity contribution in [3.8, 4) is 0 Å². The van der Waals surface area contributed by atoms with E-state index in [9.17, 15) is 4.79 Å². The smallest absolute Gasteiger partial charge is 0.223 e. The Labute approximate surface area is 134 Å². The van der Waals surface area contributed by atoms with Crippen molar-refractivity contribution in [1.82, 2.24) is 20.5 Å². The summed E-state index contributed by atoms with van der Waals surface area (Å²) >= 11 is 0.